The van der Waals surface area contributed by atoms with Gasteiger partial charge in [0, 0.05) is 25.7 Å². The van der Waals surface area contributed by atoms with Gasteiger partial charge in [-0.1, -0.05) is 291 Å². The second kappa shape index (κ2) is 60.6. The number of unbranched alkanes of at least 4 members (excludes halogenated alkanes) is 39. The summed E-state index contributed by atoms with van der Waals surface area (Å²) in [6.07, 6.45) is 45.9. The third-order valence-electron chi connectivity index (χ3n) is 15.5. The number of phosphoric acid groups is 2. The standard InChI is InChI=1S/C67H130O17P2/c1-6-9-12-15-18-21-22-23-24-25-26-27-28-32-38-43-48-53-67(72)84-63(57-78-65(70)51-46-41-36-33-29-31-34-39-44-49-60(4)5)59-82-86(75,76)80-55-61(68)54-79-85(73,74)81-58-62(56-77-64(69)50-45-40-35-20-17-14-11-8-3)83-66(71)52-47-42-37-30-19-16-13-10-7-2/h60-63,68H,6-59H2,1-5H3,(H,73,74)(H,75,76)/t61-,62+,63+/m0/s1. The molecule has 5 atom stereocenters. The summed E-state index contributed by atoms with van der Waals surface area (Å²) in [6.45, 7) is 7.16. The van der Waals surface area contributed by atoms with Crippen molar-refractivity contribution in [1.82, 2.24) is 0 Å². The van der Waals surface area contributed by atoms with E-state index in [-0.39, 0.29) is 25.7 Å². The van der Waals surface area contributed by atoms with Crippen LogP contribution < -0.4 is 0 Å². The number of hydrogen-bond acceptors (Lipinski definition) is 15. The fraction of sp³-hybridized carbons (Fsp3) is 0.940. The molecule has 0 bridgehead atoms. The number of rotatable bonds is 67. The summed E-state index contributed by atoms with van der Waals surface area (Å²) in [7, 11) is -9.89. The third-order valence-corrected chi connectivity index (χ3v) is 17.4. The van der Waals surface area contributed by atoms with E-state index in [0.29, 0.717) is 25.7 Å². The Morgan fingerprint density at radius 1 is 0.314 bits per heavy atom. The fourth-order valence-electron chi connectivity index (χ4n) is 10.1. The number of aliphatic hydroxyl groups excluding tert-OH is 1. The lowest BCUT2D eigenvalue weighted by Gasteiger charge is -2.21. The van der Waals surface area contributed by atoms with E-state index in [1.54, 1.807) is 0 Å². The van der Waals surface area contributed by atoms with Crippen molar-refractivity contribution in [1.29, 1.82) is 0 Å². The molecule has 0 aromatic heterocycles. The molecule has 0 fully saturated rings. The summed E-state index contributed by atoms with van der Waals surface area (Å²) >= 11 is 0. The molecular weight excluding hydrogens is 1140 g/mol. The summed E-state index contributed by atoms with van der Waals surface area (Å²) in [5, 5.41) is 10.5. The molecule has 0 aliphatic rings. The molecule has 510 valence electrons. The molecule has 0 spiro atoms. The van der Waals surface area contributed by atoms with Gasteiger partial charge in [-0.2, -0.15) is 0 Å². The average molecular weight is 1270 g/mol. The van der Waals surface area contributed by atoms with Crippen molar-refractivity contribution in [2.45, 2.75) is 361 Å². The van der Waals surface area contributed by atoms with E-state index >= 15 is 0 Å². The van der Waals surface area contributed by atoms with Gasteiger partial charge in [-0.05, 0) is 31.6 Å². The van der Waals surface area contributed by atoms with Crippen LogP contribution in [0.15, 0.2) is 0 Å². The van der Waals surface area contributed by atoms with Crippen LogP contribution in [0.1, 0.15) is 343 Å². The van der Waals surface area contributed by atoms with Crippen LogP contribution in [0.3, 0.4) is 0 Å². The molecule has 0 aliphatic carbocycles. The lowest BCUT2D eigenvalue weighted by atomic mass is 10.0. The third kappa shape index (κ3) is 60.9. The lowest BCUT2D eigenvalue weighted by molar-refractivity contribution is -0.161. The Bertz CT molecular complexity index is 1670. The molecule has 0 aromatic carbocycles. The maximum atomic E-state index is 13.0. The minimum Gasteiger partial charge on any atom is -0.462 e. The first-order valence-corrected chi connectivity index (χ1v) is 38.1. The smallest absolute Gasteiger partial charge is 0.462 e. The molecule has 0 saturated carbocycles. The summed E-state index contributed by atoms with van der Waals surface area (Å²) in [6, 6.07) is 0. The topological polar surface area (TPSA) is 237 Å². The molecule has 2 unspecified atom stereocenters. The monoisotopic (exact) mass is 1270 g/mol. The van der Waals surface area contributed by atoms with Gasteiger partial charge in [0.2, 0.25) is 0 Å². The van der Waals surface area contributed by atoms with Gasteiger partial charge in [-0.15, -0.1) is 0 Å². The maximum absolute atomic E-state index is 13.0. The normalized spacial score (nSPS) is 14.2. The maximum Gasteiger partial charge on any atom is 0.472 e. The highest BCUT2D eigenvalue weighted by Gasteiger charge is 2.30. The Morgan fingerprint density at radius 2 is 0.535 bits per heavy atom. The molecule has 0 rings (SSSR count). The van der Waals surface area contributed by atoms with Crippen molar-refractivity contribution in [3.63, 3.8) is 0 Å². The van der Waals surface area contributed by atoms with Gasteiger partial charge in [0.25, 0.3) is 0 Å². The molecule has 86 heavy (non-hydrogen) atoms. The van der Waals surface area contributed by atoms with Gasteiger partial charge in [-0.3, -0.25) is 37.3 Å². The van der Waals surface area contributed by atoms with Crippen molar-refractivity contribution >= 4 is 39.5 Å². The molecule has 0 radical (unpaired) electrons. The van der Waals surface area contributed by atoms with Crippen molar-refractivity contribution in [3.8, 4) is 0 Å². The van der Waals surface area contributed by atoms with Crippen LogP contribution in [0, 0.1) is 5.92 Å². The van der Waals surface area contributed by atoms with Crippen LogP contribution in [0.5, 0.6) is 0 Å². The van der Waals surface area contributed by atoms with Gasteiger partial charge in [0.05, 0.1) is 26.4 Å². The average Bonchev–Trinajstić information content (AvgIpc) is 3.69. The zero-order valence-electron chi connectivity index (χ0n) is 55.4. The van der Waals surface area contributed by atoms with Crippen molar-refractivity contribution in [2.75, 3.05) is 39.6 Å². The van der Waals surface area contributed by atoms with Crippen LogP contribution in [0.4, 0.5) is 0 Å². The SMILES string of the molecule is CCCCCCCCCCCCCCCCCCCC(=O)O[C@H](COC(=O)CCCCCCCCCCCC(C)C)COP(=O)(O)OC[C@@H](O)COP(=O)(O)OC[C@@H](COC(=O)CCCCCCCCCC)OC(=O)CCCCCCCCCCC. The minimum absolute atomic E-state index is 0.106. The Labute approximate surface area is 524 Å². The zero-order valence-corrected chi connectivity index (χ0v) is 57.2. The second-order valence-corrected chi connectivity index (χ2v) is 27.6. The van der Waals surface area contributed by atoms with Crippen LogP contribution in [0.25, 0.3) is 0 Å². The van der Waals surface area contributed by atoms with E-state index in [4.69, 9.17) is 37.0 Å². The number of esters is 4. The minimum atomic E-state index is -4.95. The number of ether oxygens (including phenoxy) is 4. The van der Waals surface area contributed by atoms with E-state index in [1.807, 2.05) is 0 Å². The summed E-state index contributed by atoms with van der Waals surface area (Å²) in [5.41, 5.74) is 0. The Hall–Kier alpha value is -1.94. The van der Waals surface area contributed by atoms with Crippen LogP contribution in [0.2, 0.25) is 0 Å². The van der Waals surface area contributed by atoms with Crippen LogP contribution >= 0.6 is 15.6 Å². The van der Waals surface area contributed by atoms with E-state index < -0.39 is 97.5 Å². The highest BCUT2D eigenvalue weighted by molar-refractivity contribution is 7.47. The predicted molar refractivity (Wildman–Crippen MR) is 345 cm³/mol. The number of hydrogen-bond donors (Lipinski definition) is 3. The summed E-state index contributed by atoms with van der Waals surface area (Å²) in [4.78, 5) is 72.2. The quantitative estimate of drug-likeness (QED) is 0.0222. The van der Waals surface area contributed by atoms with Gasteiger partial charge >= 0.3 is 39.5 Å². The number of carbonyl (C=O) groups is 4. The molecule has 0 amide bonds. The molecule has 0 heterocycles. The van der Waals surface area contributed by atoms with E-state index in [9.17, 15) is 43.2 Å². The lowest BCUT2D eigenvalue weighted by Crippen LogP contribution is -2.30. The number of carbonyl (C=O) groups excluding carboxylic acids is 4. The molecular formula is C67H130O17P2. The Balaban J connectivity index is 5.19. The highest BCUT2D eigenvalue weighted by Crippen LogP contribution is 2.45. The largest absolute Gasteiger partial charge is 0.472 e. The zero-order chi connectivity index (χ0) is 63.5. The van der Waals surface area contributed by atoms with Gasteiger partial charge in [0.1, 0.15) is 19.3 Å². The number of aliphatic hydroxyl groups is 1. The van der Waals surface area contributed by atoms with Gasteiger partial charge in [-0.25, -0.2) is 9.13 Å². The summed E-state index contributed by atoms with van der Waals surface area (Å²) in [5.74, 6) is -1.39. The number of phosphoric ester groups is 2. The Morgan fingerprint density at radius 3 is 0.791 bits per heavy atom. The summed E-state index contributed by atoms with van der Waals surface area (Å²) < 4.78 is 68.0. The van der Waals surface area contributed by atoms with E-state index in [0.717, 1.165) is 102 Å². The first-order valence-electron chi connectivity index (χ1n) is 35.1. The van der Waals surface area contributed by atoms with Crippen molar-refractivity contribution in [2.24, 2.45) is 5.92 Å². The molecule has 3 N–H and O–H groups in total. The van der Waals surface area contributed by atoms with Crippen LogP contribution in [-0.2, 0) is 65.4 Å². The Kier molecular flexibility index (Phi) is 59.2. The van der Waals surface area contributed by atoms with Gasteiger partial charge < -0.3 is 33.8 Å². The molecule has 0 aliphatic heterocycles. The predicted octanol–water partition coefficient (Wildman–Crippen LogP) is 19.0. The molecule has 17 nitrogen and oxygen atoms in total. The fourth-order valence-corrected chi connectivity index (χ4v) is 11.7. The highest BCUT2D eigenvalue weighted by atomic mass is 31.2. The first kappa shape index (κ1) is 84.1. The molecule has 19 heteroatoms. The van der Waals surface area contributed by atoms with E-state index in [2.05, 4.69) is 34.6 Å². The van der Waals surface area contributed by atoms with Gasteiger partial charge in [0.15, 0.2) is 12.2 Å². The molecule has 0 aromatic rings. The first-order chi connectivity index (χ1) is 41.5. The van der Waals surface area contributed by atoms with Crippen molar-refractivity contribution < 1.29 is 80.2 Å². The molecule has 0 saturated heterocycles. The van der Waals surface area contributed by atoms with Crippen molar-refractivity contribution in [3.05, 3.63) is 0 Å². The second-order valence-electron chi connectivity index (χ2n) is 24.7. The van der Waals surface area contributed by atoms with E-state index in [1.165, 1.54) is 161 Å². The van der Waals surface area contributed by atoms with Crippen LogP contribution in [-0.4, -0.2) is 96.7 Å².